The van der Waals surface area contributed by atoms with Gasteiger partial charge in [-0.25, -0.2) is 14.5 Å². The number of hydrogen-bond donors (Lipinski definition) is 1. The van der Waals surface area contributed by atoms with Gasteiger partial charge in [-0.2, -0.15) is 5.10 Å². The number of anilines is 2. The minimum atomic E-state index is -0.593. The first-order chi connectivity index (χ1) is 26.2. The number of amides is 2. The first-order valence-electron chi connectivity index (χ1n) is 18.4. The lowest BCUT2D eigenvalue weighted by Gasteiger charge is -2.33. The fourth-order valence-corrected chi connectivity index (χ4v) is 7.22. The van der Waals surface area contributed by atoms with Crippen LogP contribution < -0.4 is 20.0 Å². The molecule has 1 fully saturated rings. The number of hydrogen-bond acceptors (Lipinski definition) is 9. The summed E-state index contributed by atoms with van der Waals surface area (Å²) in [6.07, 6.45) is 7.04. The number of fused-ring (bicyclic) bond motifs is 2. The molecule has 1 saturated heterocycles. The summed E-state index contributed by atoms with van der Waals surface area (Å²) in [5, 5.41) is 17.9. The van der Waals surface area contributed by atoms with Crippen LogP contribution in [0.2, 0.25) is 0 Å². The Morgan fingerprint density at radius 2 is 1.72 bits per heavy atom. The number of nitrogens with zero attached hydrogens (tertiary/aromatic N) is 8. The summed E-state index contributed by atoms with van der Waals surface area (Å²) in [7, 11) is 0. The van der Waals surface area contributed by atoms with E-state index in [0.29, 0.717) is 35.9 Å². The highest BCUT2D eigenvalue weighted by molar-refractivity contribution is 5.90. The Labute approximate surface area is 313 Å². The van der Waals surface area contributed by atoms with E-state index in [1.165, 1.54) is 12.8 Å². The molecule has 0 saturated carbocycles. The van der Waals surface area contributed by atoms with Crippen molar-refractivity contribution in [2.45, 2.75) is 70.9 Å². The van der Waals surface area contributed by atoms with E-state index in [2.05, 4.69) is 31.5 Å². The number of carbonyl (C=O) groups excluding carboxylic acids is 2. The number of hydroxylamine groups is 1. The van der Waals surface area contributed by atoms with Gasteiger partial charge < -0.3 is 19.8 Å². The van der Waals surface area contributed by atoms with Crippen molar-refractivity contribution in [3.05, 3.63) is 114 Å². The molecular formula is C41H43N9O4. The van der Waals surface area contributed by atoms with E-state index in [-0.39, 0.29) is 24.0 Å². The average molecular weight is 726 g/mol. The van der Waals surface area contributed by atoms with Gasteiger partial charge in [-0.15, -0.1) is 15.3 Å². The van der Waals surface area contributed by atoms with Gasteiger partial charge in [0.05, 0.1) is 23.6 Å². The summed E-state index contributed by atoms with van der Waals surface area (Å²) in [4.78, 5) is 38.2. The highest BCUT2D eigenvalue weighted by atomic mass is 16.7. The van der Waals surface area contributed by atoms with E-state index >= 15 is 0 Å². The molecule has 5 heterocycles. The van der Waals surface area contributed by atoms with Crippen LogP contribution in [0.5, 0.6) is 5.75 Å². The van der Waals surface area contributed by atoms with E-state index in [0.717, 1.165) is 57.6 Å². The molecule has 1 aliphatic heterocycles. The molecule has 0 spiro atoms. The van der Waals surface area contributed by atoms with E-state index < -0.39 is 6.03 Å². The predicted octanol–water partition coefficient (Wildman–Crippen LogP) is 7.44. The van der Waals surface area contributed by atoms with Gasteiger partial charge in [0.25, 0.3) is 0 Å². The van der Waals surface area contributed by atoms with Gasteiger partial charge in [0.2, 0.25) is 0 Å². The Hall–Kier alpha value is -6.24. The molecule has 8 rings (SSSR count). The van der Waals surface area contributed by atoms with Gasteiger partial charge in [0.1, 0.15) is 17.7 Å². The summed E-state index contributed by atoms with van der Waals surface area (Å²) >= 11 is 0. The van der Waals surface area contributed by atoms with Crippen molar-refractivity contribution in [2.24, 2.45) is 0 Å². The standard InChI is InChI=1S/C41H43N9O4/c1-27-11-13-29(14-12-27)49-38(24-35(46-49)41(2,3)4)50(53-26-51)40(52)43-33-16-17-34(32-10-6-5-9-31(32)33)54-30-15-18-36-44-45-39(48(36)25-30)28-19-20-42-37(23-28)47-21-7-8-22-47/h5-6,9-15,18-20,23-26,33-34H,7-8,16-17,21-22H2,1-4H3,(H,43,52)/t33-,34+/m0/s1. The monoisotopic (exact) mass is 725 g/mol. The van der Waals surface area contributed by atoms with Crippen molar-refractivity contribution in [3.63, 3.8) is 0 Å². The molecule has 6 aromatic rings. The minimum absolute atomic E-state index is 0.251. The quantitative estimate of drug-likeness (QED) is 0.119. The van der Waals surface area contributed by atoms with Crippen LogP contribution in [0.4, 0.5) is 16.4 Å². The van der Waals surface area contributed by atoms with Crippen molar-refractivity contribution in [1.82, 2.24) is 34.7 Å². The number of ether oxygens (including phenoxy) is 1. The van der Waals surface area contributed by atoms with Crippen LogP contribution in [-0.2, 0) is 15.0 Å². The first kappa shape index (κ1) is 34.8. The molecule has 0 radical (unpaired) electrons. The second kappa shape index (κ2) is 14.3. The Morgan fingerprint density at radius 1 is 0.944 bits per heavy atom. The van der Waals surface area contributed by atoms with Crippen molar-refractivity contribution in [2.75, 3.05) is 23.1 Å². The zero-order chi connectivity index (χ0) is 37.4. The molecule has 2 aliphatic rings. The fourth-order valence-electron chi connectivity index (χ4n) is 7.22. The van der Waals surface area contributed by atoms with Crippen LogP contribution in [0.25, 0.3) is 22.7 Å². The third kappa shape index (κ3) is 6.84. The van der Waals surface area contributed by atoms with Gasteiger partial charge in [-0.05, 0) is 80.1 Å². The average Bonchev–Trinajstić information content (AvgIpc) is 3.96. The number of carbonyl (C=O) groups is 2. The van der Waals surface area contributed by atoms with E-state index in [4.69, 9.17) is 14.7 Å². The van der Waals surface area contributed by atoms with Crippen LogP contribution in [-0.4, -0.2) is 55.0 Å². The molecule has 2 atom stereocenters. The largest absolute Gasteiger partial charge is 0.484 e. The van der Waals surface area contributed by atoms with Crippen LogP contribution in [0.1, 0.15) is 81.0 Å². The maximum Gasteiger partial charge on any atom is 0.357 e. The summed E-state index contributed by atoms with van der Waals surface area (Å²) in [5.41, 5.74) is 5.75. The summed E-state index contributed by atoms with van der Waals surface area (Å²) in [6.45, 7) is 10.4. The highest BCUT2D eigenvalue weighted by Crippen LogP contribution is 2.39. The number of pyridine rings is 2. The second-order valence-electron chi connectivity index (χ2n) is 14.9. The van der Waals surface area contributed by atoms with Gasteiger partial charge in [-0.3, -0.25) is 9.20 Å². The summed E-state index contributed by atoms with van der Waals surface area (Å²) in [6, 6.07) is 24.4. The van der Waals surface area contributed by atoms with E-state index in [1.54, 1.807) is 10.7 Å². The normalized spacial score (nSPS) is 16.9. The maximum atomic E-state index is 14.1. The molecule has 13 nitrogen and oxygen atoms in total. The molecule has 0 bridgehead atoms. The molecule has 54 heavy (non-hydrogen) atoms. The smallest absolute Gasteiger partial charge is 0.357 e. The first-order valence-corrected chi connectivity index (χ1v) is 18.4. The Kier molecular flexibility index (Phi) is 9.22. The molecule has 13 heteroatoms. The second-order valence-corrected chi connectivity index (χ2v) is 14.9. The lowest BCUT2D eigenvalue weighted by atomic mass is 9.85. The highest BCUT2D eigenvalue weighted by Gasteiger charge is 2.33. The van der Waals surface area contributed by atoms with Gasteiger partial charge in [0, 0.05) is 36.3 Å². The fraction of sp³-hybridized carbons (Fsp3) is 0.317. The number of aryl methyl sites for hydroxylation is 1. The molecule has 1 aliphatic carbocycles. The molecule has 2 aromatic carbocycles. The molecule has 2 amide bonds. The third-order valence-corrected chi connectivity index (χ3v) is 10.1. The summed E-state index contributed by atoms with van der Waals surface area (Å²) < 4.78 is 10.2. The zero-order valence-corrected chi connectivity index (χ0v) is 30.8. The van der Waals surface area contributed by atoms with Gasteiger partial charge in [-0.1, -0.05) is 62.7 Å². The lowest BCUT2D eigenvalue weighted by molar-refractivity contribution is -0.129. The van der Waals surface area contributed by atoms with Gasteiger partial charge in [0.15, 0.2) is 17.3 Å². The van der Waals surface area contributed by atoms with Crippen molar-refractivity contribution < 1.29 is 19.2 Å². The maximum absolute atomic E-state index is 14.1. The van der Waals surface area contributed by atoms with Crippen LogP contribution in [0.3, 0.4) is 0 Å². The molecule has 1 N–H and O–H groups in total. The topological polar surface area (TPSA) is 132 Å². The van der Waals surface area contributed by atoms with Crippen LogP contribution in [0.15, 0.2) is 91.3 Å². The number of benzene rings is 2. The Balaban J connectivity index is 1.04. The van der Waals surface area contributed by atoms with Crippen LogP contribution in [0, 0.1) is 6.92 Å². The number of rotatable bonds is 9. The van der Waals surface area contributed by atoms with Gasteiger partial charge >= 0.3 is 12.5 Å². The molecular weight excluding hydrogens is 683 g/mol. The number of aromatic nitrogens is 6. The lowest BCUT2D eigenvalue weighted by Crippen LogP contribution is -2.43. The van der Waals surface area contributed by atoms with Crippen molar-refractivity contribution >= 4 is 29.8 Å². The molecule has 0 unspecified atom stereocenters. The SMILES string of the molecule is Cc1ccc(-n2nc(C(C)(C)C)cc2N(OC=O)C(=O)N[C@H]2CC[C@@H](Oc3ccc4nnc(-c5ccnc(N6CCCC6)c5)n4c3)c3ccccc32)cc1. The third-order valence-electron chi connectivity index (χ3n) is 10.1. The van der Waals surface area contributed by atoms with Crippen molar-refractivity contribution in [3.8, 4) is 22.8 Å². The predicted molar refractivity (Wildman–Crippen MR) is 205 cm³/mol. The molecule has 4 aromatic heterocycles. The van der Waals surface area contributed by atoms with E-state index in [9.17, 15) is 9.59 Å². The van der Waals surface area contributed by atoms with Crippen molar-refractivity contribution in [1.29, 1.82) is 0 Å². The Bertz CT molecular complexity index is 2300. The van der Waals surface area contributed by atoms with E-state index in [1.807, 2.05) is 111 Å². The minimum Gasteiger partial charge on any atom is -0.484 e. The molecule has 276 valence electrons. The number of nitrogens with one attached hydrogen (secondary N) is 1. The Morgan fingerprint density at radius 3 is 2.48 bits per heavy atom. The zero-order valence-electron chi connectivity index (χ0n) is 30.8. The summed E-state index contributed by atoms with van der Waals surface area (Å²) in [5.74, 6) is 2.64. The number of urea groups is 1. The van der Waals surface area contributed by atoms with Crippen LogP contribution >= 0.6 is 0 Å².